The summed E-state index contributed by atoms with van der Waals surface area (Å²) in [7, 11) is 0. The molecule has 0 aromatic heterocycles. The molecule has 5 atom stereocenters. The third-order valence-corrected chi connectivity index (χ3v) is 3.43. The fourth-order valence-electron chi connectivity index (χ4n) is 2.61. The second-order valence-electron chi connectivity index (χ2n) is 5.84. The minimum absolute atomic E-state index is 0.248. The van der Waals surface area contributed by atoms with Crippen molar-refractivity contribution in [3.05, 3.63) is 12.2 Å². The second-order valence-corrected chi connectivity index (χ2v) is 5.84. The van der Waals surface area contributed by atoms with Crippen LogP contribution in [0.15, 0.2) is 12.2 Å². The van der Waals surface area contributed by atoms with Crippen LogP contribution in [-0.2, 0) is 33.3 Å². The lowest BCUT2D eigenvalue weighted by molar-refractivity contribution is -0.278. The van der Waals surface area contributed by atoms with Crippen LogP contribution in [0.1, 0.15) is 34.1 Å². The first kappa shape index (κ1) is 20.1. The van der Waals surface area contributed by atoms with Crippen LogP contribution in [0.3, 0.4) is 0 Å². The lowest BCUT2D eigenvalue weighted by atomic mass is 9.86. The summed E-state index contributed by atoms with van der Waals surface area (Å²) in [5.41, 5.74) is 0.736. The molecular formula is C16H24O8. The van der Waals surface area contributed by atoms with Gasteiger partial charge in [-0.3, -0.25) is 14.4 Å². The number of hydrogen-bond donors (Lipinski definition) is 1. The minimum Gasteiger partial charge on any atom is -0.463 e. The smallest absolute Gasteiger partial charge is 0.303 e. The van der Waals surface area contributed by atoms with E-state index in [2.05, 4.69) is 6.58 Å². The van der Waals surface area contributed by atoms with Crippen molar-refractivity contribution in [1.82, 2.24) is 0 Å². The van der Waals surface area contributed by atoms with Gasteiger partial charge in [0.1, 0.15) is 18.8 Å². The van der Waals surface area contributed by atoms with Crippen molar-refractivity contribution < 1.29 is 38.4 Å². The van der Waals surface area contributed by atoms with E-state index in [1.165, 1.54) is 20.8 Å². The Morgan fingerprint density at radius 3 is 2.00 bits per heavy atom. The van der Waals surface area contributed by atoms with Crippen molar-refractivity contribution in [3.8, 4) is 0 Å². The van der Waals surface area contributed by atoms with Crippen molar-refractivity contribution in [3.63, 3.8) is 0 Å². The van der Waals surface area contributed by atoms with Crippen molar-refractivity contribution in [2.24, 2.45) is 5.92 Å². The number of allylic oxidation sites excluding steroid dienone is 1. The van der Waals surface area contributed by atoms with E-state index in [9.17, 15) is 19.5 Å². The van der Waals surface area contributed by atoms with Crippen LogP contribution in [0.4, 0.5) is 0 Å². The fourth-order valence-corrected chi connectivity index (χ4v) is 2.61. The quantitative estimate of drug-likeness (QED) is 0.426. The highest BCUT2D eigenvalue weighted by atomic mass is 16.7. The predicted octanol–water partition coefficient (Wildman–Crippen LogP) is 0.712. The Balaban J connectivity index is 3.11. The van der Waals surface area contributed by atoms with Gasteiger partial charge in [0, 0.05) is 20.8 Å². The van der Waals surface area contributed by atoms with Gasteiger partial charge in [0.25, 0.3) is 0 Å². The van der Waals surface area contributed by atoms with Crippen LogP contribution in [0.2, 0.25) is 0 Å². The Bertz CT molecular complexity index is 500. The van der Waals surface area contributed by atoms with Crippen LogP contribution in [0.5, 0.6) is 0 Å². The van der Waals surface area contributed by atoms with Crippen LogP contribution < -0.4 is 0 Å². The summed E-state index contributed by atoms with van der Waals surface area (Å²) in [4.78, 5) is 33.9. The largest absolute Gasteiger partial charge is 0.463 e. The van der Waals surface area contributed by atoms with Crippen LogP contribution >= 0.6 is 0 Å². The number of aliphatic hydroxyl groups excluding tert-OH is 1. The third kappa shape index (κ3) is 5.93. The summed E-state index contributed by atoms with van der Waals surface area (Å²) >= 11 is 0. The standard InChI is InChI=1S/C16H24O8/c1-8(2)6-12-14(22-10(4)18)15(23-11(5)19)13(24-16(12)20)7-21-9(3)17/h12-16,20H,1,6-7H2,2-5H3/t12-,13-,14-,15+,16+/m1/s1. The van der Waals surface area contributed by atoms with Gasteiger partial charge in [0.15, 0.2) is 12.4 Å². The van der Waals surface area contributed by atoms with E-state index in [1.807, 2.05) is 0 Å². The normalized spacial score (nSPS) is 29.5. The molecule has 1 rings (SSSR count). The molecule has 0 spiro atoms. The molecule has 1 aliphatic heterocycles. The summed E-state index contributed by atoms with van der Waals surface area (Å²) in [5.74, 6) is -2.42. The Morgan fingerprint density at radius 2 is 1.54 bits per heavy atom. The Labute approximate surface area is 140 Å². The molecule has 24 heavy (non-hydrogen) atoms. The molecule has 136 valence electrons. The number of ether oxygens (including phenoxy) is 4. The van der Waals surface area contributed by atoms with Crippen molar-refractivity contribution in [2.45, 2.75) is 58.7 Å². The number of esters is 3. The molecule has 1 aliphatic rings. The predicted molar refractivity (Wildman–Crippen MR) is 81.5 cm³/mol. The number of carbonyl (C=O) groups excluding carboxylic acids is 3. The first-order valence-electron chi connectivity index (χ1n) is 7.57. The molecule has 0 aromatic rings. The van der Waals surface area contributed by atoms with Gasteiger partial charge >= 0.3 is 17.9 Å². The maximum absolute atomic E-state index is 11.5. The summed E-state index contributed by atoms with van der Waals surface area (Å²) in [6.07, 6.45) is -3.92. The molecule has 8 heteroatoms. The van der Waals surface area contributed by atoms with Crippen LogP contribution in [0.25, 0.3) is 0 Å². The van der Waals surface area contributed by atoms with Gasteiger partial charge in [-0.05, 0) is 13.3 Å². The maximum atomic E-state index is 11.5. The van der Waals surface area contributed by atoms with E-state index in [4.69, 9.17) is 18.9 Å². The number of aliphatic hydroxyl groups is 1. The van der Waals surface area contributed by atoms with E-state index < -0.39 is 48.4 Å². The number of carbonyl (C=O) groups is 3. The van der Waals surface area contributed by atoms with E-state index in [0.29, 0.717) is 6.42 Å². The molecule has 0 radical (unpaired) electrons. The molecule has 0 aromatic carbocycles. The van der Waals surface area contributed by atoms with E-state index in [1.54, 1.807) is 6.92 Å². The lowest BCUT2D eigenvalue weighted by Gasteiger charge is -2.43. The Kier molecular flexibility index (Phi) is 7.37. The first-order chi connectivity index (χ1) is 11.1. The lowest BCUT2D eigenvalue weighted by Crippen LogP contribution is -2.58. The molecular weight excluding hydrogens is 320 g/mol. The topological polar surface area (TPSA) is 108 Å². The van der Waals surface area contributed by atoms with Gasteiger partial charge in [-0.25, -0.2) is 0 Å². The maximum Gasteiger partial charge on any atom is 0.303 e. The van der Waals surface area contributed by atoms with E-state index in [0.717, 1.165) is 5.57 Å². The zero-order valence-corrected chi connectivity index (χ0v) is 14.3. The molecule has 0 unspecified atom stereocenters. The number of rotatable bonds is 6. The molecule has 1 saturated heterocycles. The zero-order chi connectivity index (χ0) is 18.4. The molecule has 0 bridgehead atoms. The molecule has 0 saturated carbocycles. The van der Waals surface area contributed by atoms with Gasteiger partial charge in [-0.1, -0.05) is 5.57 Å². The molecule has 1 fully saturated rings. The first-order valence-corrected chi connectivity index (χ1v) is 7.57. The third-order valence-electron chi connectivity index (χ3n) is 3.43. The van der Waals surface area contributed by atoms with Gasteiger partial charge in [0.05, 0.1) is 5.92 Å². The number of hydrogen-bond acceptors (Lipinski definition) is 8. The Morgan fingerprint density at radius 1 is 1.00 bits per heavy atom. The second kappa shape index (κ2) is 8.79. The summed E-state index contributed by atoms with van der Waals surface area (Å²) in [6, 6.07) is 0. The molecule has 1 N–H and O–H groups in total. The molecule has 8 nitrogen and oxygen atoms in total. The average molecular weight is 344 g/mol. The Hall–Kier alpha value is -1.93. The van der Waals surface area contributed by atoms with Crippen molar-refractivity contribution >= 4 is 17.9 Å². The van der Waals surface area contributed by atoms with Crippen LogP contribution in [0, 0.1) is 5.92 Å². The minimum atomic E-state index is -1.29. The van der Waals surface area contributed by atoms with Gasteiger partial charge < -0.3 is 24.1 Å². The molecule has 0 aliphatic carbocycles. The summed E-state index contributed by atoms with van der Waals surface area (Å²) < 4.78 is 20.9. The van der Waals surface area contributed by atoms with Crippen LogP contribution in [-0.4, -0.2) is 54.2 Å². The summed E-state index contributed by atoms with van der Waals surface area (Å²) in [6.45, 7) is 8.91. The zero-order valence-electron chi connectivity index (χ0n) is 14.3. The average Bonchev–Trinajstić information content (AvgIpc) is 2.42. The van der Waals surface area contributed by atoms with Gasteiger partial charge in [0.2, 0.25) is 0 Å². The molecule has 0 amide bonds. The van der Waals surface area contributed by atoms with E-state index in [-0.39, 0.29) is 6.61 Å². The highest BCUT2D eigenvalue weighted by molar-refractivity contribution is 5.67. The van der Waals surface area contributed by atoms with Gasteiger partial charge in [-0.2, -0.15) is 0 Å². The van der Waals surface area contributed by atoms with Crippen molar-refractivity contribution in [1.29, 1.82) is 0 Å². The van der Waals surface area contributed by atoms with E-state index >= 15 is 0 Å². The fraction of sp³-hybridized carbons (Fsp3) is 0.688. The highest BCUT2D eigenvalue weighted by Gasteiger charge is 2.49. The SMILES string of the molecule is C=C(C)C[C@@H]1[C@@H](OC(C)=O)[C@@H](OC(C)=O)[C@@H](COC(C)=O)O[C@@H]1O. The highest BCUT2D eigenvalue weighted by Crippen LogP contribution is 2.33. The monoisotopic (exact) mass is 344 g/mol. The summed E-state index contributed by atoms with van der Waals surface area (Å²) in [5, 5.41) is 10.3. The van der Waals surface area contributed by atoms with Crippen molar-refractivity contribution in [2.75, 3.05) is 6.61 Å². The molecule has 1 heterocycles. The van der Waals surface area contributed by atoms with Gasteiger partial charge in [-0.15, -0.1) is 6.58 Å².